The van der Waals surface area contributed by atoms with Crippen molar-refractivity contribution in [2.24, 2.45) is 0 Å². The molecular formula is C9H11BrN2. The molecule has 1 aromatic rings. The number of hydrogen-bond acceptors (Lipinski definition) is 2. The van der Waals surface area contributed by atoms with Gasteiger partial charge in [0.1, 0.15) is 5.82 Å². The maximum absolute atomic E-state index is 5.51. The number of hydrogen-bond donors (Lipinski definition) is 1. The zero-order valence-corrected chi connectivity index (χ0v) is 8.29. The van der Waals surface area contributed by atoms with E-state index in [1.165, 1.54) is 0 Å². The minimum Gasteiger partial charge on any atom is -0.384 e. The summed E-state index contributed by atoms with van der Waals surface area (Å²) in [5, 5.41) is 0.978. The highest BCUT2D eigenvalue weighted by Crippen LogP contribution is 2.03. The summed E-state index contributed by atoms with van der Waals surface area (Å²) in [6.45, 7) is 0. The Bertz CT molecular complexity index is 271. The Balaban J connectivity index is 2.63. The van der Waals surface area contributed by atoms with Crippen LogP contribution in [0.1, 0.15) is 12.1 Å². The summed E-state index contributed by atoms with van der Waals surface area (Å²) >= 11 is 3.34. The fraction of sp³-hybridized carbons (Fsp3) is 0.222. The van der Waals surface area contributed by atoms with E-state index in [1.54, 1.807) is 6.07 Å². The van der Waals surface area contributed by atoms with Crippen molar-refractivity contribution in [3.8, 4) is 0 Å². The molecule has 0 aliphatic carbocycles. The Kier molecular flexibility index (Phi) is 3.80. The van der Waals surface area contributed by atoms with Crippen LogP contribution in [-0.4, -0.2) is 10.3 Å². The standard InChI is InChI=1S/C9H11BrN2/c10-7-2-1-4-8-5-3-6-9(11)12-8/h1,3-6H,2,7H2,(H2,11,12). The van der Waals surface area contributed by atoms with Crippen LogP contribution in [0.4, 0.5) is 5.82 Å². The number of nitrogen functional groups attached to an aromatic ring is 1. The number of rotatable bonds is 3. The average Bonchev–Trinajstić information content (AvgIpc) is 2.05. The smallest absolute Gasteiger partial charge is 0.124 e. The molecule has 2 nitrogen and oxygen atoms in total. The predicted molar refractivity (Wildman–Crippen MR) is 56.1 cm³/mol. The first kappa shape index (κ1) is 9.26. The van der Waals surface area contributed by atoms with Crippen LogP contribution in [0.15, 0.2) is 24.3 Å². The molecule has 3 heteroatoms. The van der Waals surface area contributed by atoms with Crippen molar-refractivity contribution in [1.82, 2.24) is 4.98 Å². The highest BCUT2D eigenvalue weighted by molar-refractivity contribution is 9.09. The molecule has 64 valence electrons. The van der Waals surface area contributed by atoms with Crippen molar-refractivity contribution in [2.45, 2.75) is 6.42 Å². The van der Waals surface area contributed by atoms with Gasteiger partial charge in [-0.3, -0.25) is 0 Å². The van der Waals surface area contributed by atoms with Gasteiger partial charge in [0.05, 0.1) is 5.69 Å². The third-order valence-electron chi connectivity index (χ3n) is 1.36. The predicted octanol–water partition coefficient (Wildman–Crippen LogP) is 2.46. The quantitative estimate of drug-likeness (QED) is 0.805. The number of anilines is 1. The molecule has 12 heavy (non-hydrogen) atoms. The second-order valence-corrected chi connectivity index (χ2v) is 3.16. The Morgan fingerprint density at radius 1 is 1.50 bits per heavy atom. The topological polar surface area (TPSA) is 38.9 Å². The van der Waals surface area contributed by atoms with Gasteiger partial charge in [-0.15, -0.1) is 0 Å². The molecule has 0 saturated carbocycles. The van der Waals surface area contributed by atoms with E-state index in [4.69, 9.17) is 5.73 Å². The Morgan fingerprint density at radius 2 is 2.33 bits per heavy atom. The lowest BCUT2D eigenvalue weighted by molar-refractivity contribution is 1.25. The zero-order chi connectivity index (χ0) is 8.81. The highest BCUT2D eigenvalue weighted by atomic mass is 79.9. The van der Waals surface area contributed by atoms with Crippen molar-refractivity contribution in [3.63, 3.8) is 0 Å². The van der Waals surface area contributed by atoms with Gasteiger partial charge in [-0.2, -0.15) is 0 Å². The van der Waals surface area contributed by atoms with Crippen LogP contribution in [-0.2, 0) is 0 Å². The van der Waals surface area contributed by atoms with Crippen LogP contribution in [0.25, 0.3) is 6.08 Å². The van der Waals surface area contributed by atoms with Crippen LogP contribution in [0, 0.1) is 0 Å². The molecule has 1 aromatic heterocycles. The average molecular weight is 227 g/mol. The molecule has 0 bridgehead atoms. The minimum atomic E-state index is 0.566. The van der Waals surface area contributed by atoms with Crippen LogP contribution >= 0.6 is 15.9 Å². The first-order chi connectivity index (χ1) is 5.83. The minimum absolute atomic E-state index is 0.566. The molecule has 0 radical (unpaired) electrons. The molecule has 0 aliphatic heterocycles. The molecule has 0 atom stereocenters. The molecule has 0 unspecified atom stereocenters. The Morgan fingerprint density at radius 3 is 3.00 bits per heavy atom. The summed E-state index contributed by atoms with van der Waals surface area (Å²) in [7, 11) is 0. The van der Waals surface area contributed by atoms with E-state index in [1.807, 2.05) is 18.2 Å². The van der Waals surface area contributed by atoms with Gasteiger partial charge in [-0.1, -0.05) is 28.1 Å². The number of alkyl halides is 1. The summed E-state index contributed by atoms with van der Waals surface area (Å²) in [6, 6.07) is 5.61. The summed E-state index contributed by atoms with van der Waals surface area (Å²) in [6.07, 6.45) is 5.05. The Hall–Kier alpha value is -0.830. The third-order valence-corrected chi connectivity index (χ3v) is 1.81. The zero-order valence-electron chi connectivity index (χ0n) is 6.70. The van der Waals surface area contributed by atoms with Crippen molar-refractivity contribution < 1.29 is 0 Å². The molecule has 0 fully saturated rings. The van der Waals surface area contributed by atoms with Crippen molar-refractivity contribution in [2.75, 3.05) is 11.1 Å². The van der Waals surface area contributed by atoms with Gasteiger partial charge >= 0.3 is 0 Å². The molecule has 2 N–H and O–H groups in total. The van der Waals surface area contributed by atoms with E-state index in [9.17, 15) is 0 Å². The lowest BCUT2D eigenvalue weighted by atomic mass is 10.3. The van der Waals surface area contributed by atoms with Gasteiger partial charge in [0.25, 0.3) is 0 Å². The molecule has 0 aromatic carbocycles. The number of allylic oxidation sites excluding steroid dienone is 1. The van der Waals surface area contributed by atoms with Gasteiger partial charge in [0, 0.05) is 5.33 Å². The number of pyridine rings is 1. The molecular weight excluding hydrogens is 216 g/mol. The second kappa shape index (κ2) is 4.93. The summed E-state index contributed by atoms with van der Waals surface area (Å²) < 4.78 is 0. The molecule has 0 aliphatic rings. The third kappa shape index (κ3) is 3.05. The van der Waals surface area contributed by atoms with E-state index in [0.29, 0.717) is 5.82 Å². The lowest BCUT2D eigenvalue weighted by Crippen LogP contribution is -1.90. The first-order valence-electron chi connectivity index (χ1n) is 3.78. The van der Waals surface area contributed by atoms with Gasteiger partial charge in [0.2, 0.25) is 0 Å². The first-order valence-corrected chi connectivity index (χ1v) is 4.90. The molecule has 0 saturated heterocycles. The van der Waals surface area contributed by atoms with Gasteiger partial charge in [-0.25, -0.2) is 4.98 Å². The molecule has 0 spiro atoms. The van der Waals surface area contributed by atoms with Crippen LogP contribution in [0.3, 0.4) is 0 Å². The van der Waals surface area contributed by atoms with Crippen LogP contribution in [0.2, 0.25) is 0 Å². The molecule has 1 heterocycles. The fourth-order valence-corrected chi connectivity index (χ4v) is 1.09. The molecule has 1 rings (SSSR count). The summed E-state index contributed by atoms with van der Waals surface area (Å²) in [5.74, 6) is 0.566. The van der Waals surface area contributed by atoms with E-state index >= 15 is 0 Å². The fourth-order valence-electron chi connectivity index (χ4n) is 0.829. The number of halogens is 1. The number of nitrogens with two attached hydrogens (primary N) is 1. The van der Waals surface area contributed by atoms with Gasteiger partial charge < -0.3 is 5.73 Å². The van der Waals surface area contributed by atoms with E-state index in [2.05, 4.69) is 27.0 Å². The largest absolute Gasteiger partial charge is 0.384 e. The van der Waals surface area contributed by atoms with Gasteiger partial charge in [0.15, 0.2) is 0 Å². The maximum Gasteiger partial charge on any atom is 0.124 e. The van der Waals surface area contributed by atoms with E-state index in [0.717, 1.165) is 17.4 Å². The van der Waals surface area contributed by atoms with Crippen molar-refractivity contribution in [3.05, 3.63) is 30.0 Å². The van der Waals surface area contributed by atoms with E-state index in [-0.39, 0.29) is 0 Å². The summed E-state index contributed by atoms with van der Waals surface area (Å²) in [5.41, 5.74) is 6.42. The monoisotopic (exact) mass is 226 g/mol. The van der Waals surface area contributed by atoms with E-state index < -0.39 is 0 Å². The molecule has 0 amide bonds. The van der Waals surface area contributed by atoms with Crippen LogP contribution in [0.5, 0.6) is 0 Å². The second-order valence-electron chi connectivity index (χ2n) is 2.37. The SMILES string of the molecule is Nc1cccc(C=CCCBr)n1. The Labute approximate surface area is 80.6 Å². The lowest BCUT2D eigenvalue weighted by Gasteiger charge is -1.93. The van der Waals surface area contributed by atoms with Gasteiger partial charge in [-0.05, 0) is 24.6 Å². The van der Waals surface area contributed by atoms with Crippen LogP contribution < -0.4 is 5.73 Å². The summed E-state index contributed by atoms with van der Waals surface area (Å²) in [4.78, 5) is 4.12. The van der Waals surface area contributed by atoms with Crippen molar-refractivity contribution in [1.29, 1.82) is 0 Å². The normalized spacial score (nSPS) is 10.8. The maximum atomic E-state index is 5.51. The number of nitrogens with zero attached hydrogens (tertiary/aromatic N) is 1. The van der Waals surface area contributed by atoms with Crippen molar-refractivity contribution >= 4 is 27.8 Å². The number of aromatic nitrogens is 1. The highest BCUT2D eigenvalue weighted by Gasteiger charge is 1.87.